The second-order valence-electron chi connectivity index (χ2n) is 6.31. The number of carbonyl (C=O) groups is 1. The van der Waals surface area contributed by atoms with E-state index in [0.717, 1.165) is 0 Å². The fourth-order valence-electron chi connectivity index (χ4n) is 2.99. The molecule has 0 atom stereocenters. The summed E-state index contributed by atoms with van der Waals surface area (Å²) in [5.41, 5.74) is 0.591. The van der Waals surface area contributed by atoms with Crippen molar-refractivity contribution in [1.29, 1.82) is 0 Å². The number of amides is 1. The molecular weight excluding hydrogens is 392 g/mol. The summed E-state index contributed by atoms with van der Waals surface area (Å²) in [5, 5.41) is 7.37. The highest BCUT2D eigenvalue weighted by Gasteiger charge is 2.32. The lowest BCUT2D eigenvalue weighted by Gasteiger charge is -2.30. The van der Waals surface area contributed by atoms with Crippen molar-refractivity contribution in [3.8, 4) is 0 Å². The maximum absolute atomic E-state index is 12.7. The molecule has 0 unspecified atom stereocenters. The van der Waals surface area contributed by atoms with Gasteiger partial charge in [0.15, 0.2) is 0 Å². The van der Waals surface area contributed by atoms with Crippen LogP contribution in [0.3, 0.4) is 0 Å². The molecule has 0 saturated carbocycles. The van der Waals surface area contributed by atoms with Crippen LogP contribution in [-0.4, -0.2) is 48.6 Å². The number of rotatable bonds is 6. The van der Waals surface area contributed by atoms with Crippen molar-refractivity contribution in [1.82, 2.24) is 14.1 Å². The van der Waals surface area contributed by atoms with Crippen LogP contribution in [0.5, 0.6) is 0 Å². The lowest BCUT2D eigenvalue weighted by Crippen LogP contribution is -2.41. The Kier molecular flexibility index (Phi) is 6.15. The highest BCUT2D eigenvalue weighted by atomic mass is 35.5. The van der Waals surface area contributed by atoms with Crippen molar-refractivity contribution in [2.45, 2.75) is 24.5 Å². The van der Waals surface area contributed by atoms with E-state index in [-0.39, 0.29) is 16.7 Å². The molecule has 27 heavy (non-hydrogen) atoms. The monoisotopic (exact) mass is 412 g/mol. The first-order valence-electron chi connectivity index (χ1n) is 8.48. The van der Waals surface area contributed by atoms with Crippen molar-refractivity contribution in [3.63, 3.8) is 0 Å². The molecular formula is C17H21ClN4O4S. The van der Waals surface area contributed by atoms with Crippen molar-refractivity contribution in [2.75, 3.05) is 25.5 Å². The minimum atomic E-state index is -3.57. The predicted octanol–water partition coefficient (Wildman–Crippen LogP) is 2.18. The first kappa shape index (κ1) is 19.8. The maximum Gasteiger partial charge on any atom is 0.243 e. The molecule has 146 valence electrons. The average Bonchev–Trinajstić information content (AvgIpc) is 3.09. The fraction of sp³-hybridized carbons (Fsp3) is 0.412. The van der Waals surface area contributed by atoms with Gasteiger partial charge in [-0.05, 0) is 37.1 Å². The number of nitrogens with one attached hydrogen (secondary N) is 1. The number of hydrogen-bond acceptors (Lipinski definition) is 5. The highest BCUT2D eigenvalue weighted by Crippen LogP contribution is 2.25. The van der Waals surface area contributed by atoms with Gasteiger partial charge in [0.2, 0.25) is 15.9 Å². The number of piperidine rings is 1. The van der Waals surface area contributed by atoms with Crippen molar-refractivity contribution in [3.05, 3.63) is 41.7 Å². The number of nitrogens with zero attached hydrogens (tertiary/aromatic N) is 3. The summed E-state index contributed by atoms with van der Waals surface area (Å²) in [6.07, 6.45) is 4.16. The molecule has 2 heterocycles. The third-order valence-corrected chi connectivity index (χ3v) is 6.60. The summed E-state index contributed by atoms with van der Waals surface area (Å²) in [7, 11) is -2.01. The number of benzene rings is 1. The zero-order valence-corrected chi connectivity index (χ0v) is 16.4. The van der Waals surface area contributed by atoms with E-state index in [9.17, 15) is 13.2 Å². The minimum absolute atomic E-state index is 0.129. The Morgan fingerprint density at radius 2 is 1.96 bits per heavy atom. The van der Waals surface area contributed by atoms with Crippen LogP contribution in [-0.2, 0) is 26.3 Å². The molecule has 1 aromatic carbocycles. The zero-order chi connectivity index (χ0) is 19.4. The maximum atomic E-state index is 12.7. The Hall–Kier alpha value is -1.94. The van der Waals surface area contributed by atoms with E-state index in [1.54, 1.807) is 36.3 Å². The molecule has 0 radical (unpaired) electrons. The van der Waals surface area contributed by atoms with Gasteiger partial charge in [0.05, 0.1) is 23.0 Å². The van der Waals surface area contributed by atoms with E-state index in [1.165, 1.54) is 16.4 Å². The predicted molar refractivity (Wildman–Crippen MR) is 101 cm³/mol. The van der Waals surface area contributed by atoms with Gasteiger partial charge in [0.25, 0.3) is 0 Å². The molecule has 1 aliphatic rings. The molecule has 0 spiro atoms. The highest BCUT2D eigenvalue weighted by molar-refractivity contribution is 7.89. The Morgan fingerprint density at radius 3 is 2.59 bits per heavy atom. The molecule has 1 aromatic heterocycles. The zero-order valence-electron chi connectivity index (χ0n) is 14.8. The largest absolute Gasteiger partial charge is 0.362 e. The van der Waals surface area contributed by atoms with E-state index in [4.69, 9.17) is 16.3 Å². The average molecular weight is 413 g/mol. The van der Waals surface area contributed by atoms with Crippen LogP contribution in [0.15, 0.2) is 41.6 Å². The number of hydrogen-bond donors (Lipinski definition) is 1. The van der Waals surface area contributed by atoms with Gasteiger partial charge in [0, 0.05) is 31.1 Å². The minimum Gasteiger partial charge on any atom is -0.362 e. The SMILES string of the molecule is COCn1cc(NC(=O)C2CCN(S(=O)(=O)c3ccc(Cl)cc3)CC2)cn1. The summed E-state index contributed by atoms with van der Waals surface area (Å²) in [6, 6.07) is 6.10. The summed E-state index contributed by atoms with van der Waals surface area (Å²) < 4.78 is 33.3. The topological polar surface area (TPSA) is 93.5 Å². The van der Waals surface area contributed by atoms with Gasteiger partial charge in [-0.2, -0.15) is 9.40 Å². The Morgan fingerprint density at radius 1 is 1.30 bits per heavy atom. The molecule has 1 fully saturated rings. The molecule has 8 nitrogen and oxygen atoms in total. The third-order valence-electron chi connectivity index (χ3n) is 4.44. The number of anilines is 1. The number of halogens is 1. The summed E-state index contributed by atoms with van der Waals surface area (Å²) in [4.78, 5) is 12.6. The van der Waals surface area contributed by atoms with Crippen molar-refractivity contribution in [2.24, 2.45) is 5.92 Å². The van der Waals surface area contributed by atoms with Gasteiger partial charge >= 0.3 is 0 Å². The number of sulfonamides is 1. The normalized spacial score (nSPS) is 16.4. The van der Waals surface area contributed by atoms with E-state index in [2.05, 4.69) is 10.4 Å². The molecule has 1 N–H and O–H groups in total. The van der Waals surface area contributed by atoms with Crippen molar-refractivity contribution >= 4 is 33.2 Å². The second-order valence-corrected chi connectivity index (χ2v) is 8.68. The standard InChI is InChI=1S/C17H21ClN4O4S/c1-26-12-21-11-15(10-19-21)20-17(23)13-6-8-22(9-7-13)27(24,25)16-4-2-14(18)3-5-16/h2-5,10-11,13H,6-9,12H2,1H3,(H,20,23). The van der Waals surface area contributed by atoms with Gasteiger partial charge in [-0.1, -0.05) is 11.6 Å². The fourth-order valence-corrected chi connectivity index (χ4v) is 4.58. The van der Waals surface area contributed by atoms with Crippen LogP contribution in [0.2, 0.25) is 5.02 Å². The molecule has 2 aromatic rings. The molecule has 10 heteroatoms. The van der Waals surface area contributed by atoms with E-state index < -0.39 is 10.0 Å². The van der Waals surface area contributed by atoms with E-state index >= 15 is 0 Å². The molecule has 1 amide bonds. The molecule has 1 saturated heterocycles. The number of methoxy groups -OCH3 is 1. The Bertz CT molecular complexity index is 890. The van der Waals surface area contributed by atoms with Gasteiger partial charge < -0.3 is 10.1 Å². The molecule has 0 bridgehead atoms. The van der Waals surface area contributed by atoms with Crippen LogP contribution >= 0.6 is 11.6 Å². The lowest BCUT2D eigenvalue weighted by atomic mass is 9.97. The second kappa shape index (κ2) is 8.39. The summed E-state index contributed by atoms with van der Waals surface area (Å²) in [5.74, 6) is -0.372. The third kappa shape index (κ3) is 4.67. The number of carbonyl (C=O) groups excluding carboxylic acids is 1. The van der Waals surface area contributed by atoms with Gasteiger partial charge in [0.1, 0.15) is 6.73 Å². The number of ether oxygens (including phenoxy) is 1. The van der Waals surface area contributed by atoms with Gasteiger partial charge in [-0.3, -0.25) is 4.79 Å². The summed E-state index contributed by atoms with van der Waals surface area (Å²) in [6.45, 7) is 0.898. The Balaban J connectivity index is 1.57. The molecule has 0 aliphatic carbocycles. The first-order valence-corrected chi connectivity index (χ1v) is 10.3. The number of aromatic nitrogens is 2. The van der Waals surface area contributed by atoms with E-state index in [1.807, 2.05) is 0 Å². The van der Waals surface area contributed by atoms with Crippen LogP contribution in [0.25, 0.3) is 0 Å². The quantitative estimate of drug-likeness (QED) is 0.784. The molecule has 3 rings (SSSR count). The van der Waals surface area contributed by atoms with E-state index in [0.29, 0.717) is 43.4 Å². The Labute approximate surface area is 163 Å². The lowest BCUT2D eigenvalue weighted by molar-refractivity contribution is -0.120. The van der Waals surface area contributed by atoms with Crippen molar-refractivity contribution < 1.29 is 17.9 Å². The van der Waals surface area contributed by atoms with Crippen LogP contribution in [0.1, 0.15) is 12.8 Å². The first-order chi connectivity index (χ1) is 12.9. The van der Waals surface area contributed by atoms with Crippen LogP contribution < -0.4 is 5.32 Å². The van der Waals surface area contributed by atoms with Crippen LogP contribution in [0, 0.1) is 5.92 Å². The van der Waals surface area contributed by atoms with Gasteiger partial charge in [-0.15, -0.1) is 0 Å². The van der Waals surface area contributed by atoms with Gasteiger partial charge in [-0.25, -0.2) is 13.1 Å². The van der Waals surface area contributed by atoms with Crippen LogP contribution in [0.4, 0.5) is 5.69 Å². The smallest absolute Gasteiger partial charge is 0.243 e. The summed E-state index contributed by atoms with van der Waals surface area (Å²) >= 11 is 5.82. The molecule has 1 aliphatic heterocycles.